The molecule has 7 nitrogen and oxygen atoms in total. The molecule has 1 saturated carbocycles. The number of hydrogen-bond acceptors (Lipinski definition) is 5. The predicted octanol–water partition coefficient (Wildman–Crippen LogP) is 1.54. The third kappa shape index (κ3) is 5.29. The molecule has 1 rings (SSSR count). The van der Waals surface area contributed by atoms with Gasteiger partial charge < -0.3 is 20.7 Å². The van der Waals surface area contributed by atoms with Gasteiger partial charge in [0.25, 0.3) is 0 Å². The lowest BCUT2D eigenvalue weighted by molar-refractivity contribution is -0.157. The van der Waals surface area contributed by atoms with Crippen molar-refractivity contribution in [2.45, 2.75) is 70.4 Å². The van der Waals surface area contributed by atoms with Crippen LogP contribution >= 0.6 is 0 Å². The summed E-state index contributed by atoms with van der Waals surface area (Å²) in [5.41, 5.74) is 5.27. The molecule has 0 aromatic carbocycles. The van der Waals surface area contributed by atoms with E-state index in [1.54, 1.807) is 6.92 Å². The highest BCUT2D eigenvalue weighted by Gasteiger charge is 2.44. The quantitative estimate of drug-likeness (QED) is 0.580. The van der Waals surface area contributed by atoms with Crippen LogP contribution in [0.4, 0.5) is 0 Å². The Balaban J connectivity index is 2.67. The van der Waals surface area contributed by atoms with E-state index in [-0.39, 0.29) is 19.3 Å². The summed E-state index contributed by atoms with van der Waals surface area (Å²) in [5.74, 6) is -2.56. The first kappa shape index (κ1) is 18.4. The van der Waals surface area contributed by atoms with Gasteiger partial charge in [0.2, 0.25) is 0 Å². The van der Waals surface area contributed by atoms with Crippen molar-refractivity contribution >= 4 is 17.9 Å². The van der Waals surface area contributed by atoms with Crippen LogP contribution < -0.4 is 5.73 Å². The van der Waals surface area contributed by atoms with Gasteiger partial charge in [-0.2, -0.15) is 0 Å². The minimum atomic E-state index is -0.990. The maximum Gasteiger partial charge on any atom is 0.323 e. The molecule has 1 fully saturated rings. The SMILES string of the molecule is CC(CCC(=O)O)OC(=O)C(N)C1(CC(=O)O)CCCCC1. The number of rotatable bonds is 8. The summed E-state index contributed by atoms with van der Waals surface area (Å²) in [4.78, 5) is 33.8. The fraction of sp³-hybridized carbons (Fsp3) is 0.800. The van der Waals surface area contributed by atoms with Crippen LogP contribution in [0, 0.1) is 5.41 Å². The van der Waals surface area contributed by atoms with Gasteiger partial charge in [-0.25, -0.2) is 0 Å². The molecule has 0 bridgehead atoms. The number of carboxylic acid groups (broad SMARTS) is 2. The van der Waals surface area contributed by atoms with Crippen molar-refractivity contribution in [2.24, 2.45) is 11.1 Å². The first-order valence-corrected chi connectivity index (χ1v) is 7.66. The fourth-order valence-corrected chi connectivity index (χ4v) is 3.06. The number of carbonyl (C=O) groups is 3. The summed E-state index contributed by atoms with van der Waals surface area (Å²) >= 11 is 0. The van der Waals surface area contributed by atoms with E-state index in [1.807, 2.05) is 0 Å². The van der Waals surface area contributed by atoms with Crippen LogP contribution in [-0.4, -0.2) is 40.3 Å². The highest BCUT2D eigenvalue weighted by molar-refractivity contribution is 5.78. The van der Waals surface area contributed by atoms with E-state index in [9.17, 15) is 14.4 Å². The number of nitrogens with two attached hydrogens (primary N) is 1. The molecule has 0 saturated heterocycles. The molecular formula is C15H25NO6. The number of carbonyl (C=O) groups excluding carboxylic acids is 1. The van der Waals surface area contributed by atoms with Crippen molar-refractivity contribution in [2.75, 3.05) is 0 Å². The molecule has 0 aromatic rings. The van der Waals surface area contributed by atoms with Crippen LogP contribution in [0.5, 0.6) is 0 Å². The molecule has 0 aliphatic heterocycles. The molecule has 0 spiro atoms. The third-order valence-electron chi connectivity index (χ3n) is 4.35. The van der Waals surface area contributed by atoms with Gasteiger partial charge in [0.15, 0.2) is 0 Å². The minimum Gasteiger partial charge on any atom is -0.481 e. The van der Waals surface area contributed by atoms with Gasteiger partial charge in [-0.15, -0.1) is 0 Å². The first-order valence-electron chi connectivity index (χ1n) is 7.66. The molecule has 0 aromatic heterocycles. The normalized spacial score (nSPS) is 19.9. The van der Waals surface area contributed by atoms with Crippen LogP contribution in [0.1, 0.15) is 58.3 Å². The molecule has 1 aliphatic carbocycles. The zero-order valence-electron chi connectivity index (χ0n) is 12.9. The van der Waals surface area contributed by atoms with Gasteiger partial charge in [0.05, 0.1) is 12.5 Å². The maximum absolute atomic E-state index is 12.2. The number of ether oxygens (including phenoxy) is 1. The van der Waals surface area contributed by atoms with Crippen molar-refractivity contribution < 1.29 is 29.3 Å². The van der Waals surface area contributed by atoms with E-state index in [2.05, 4.69) is 0 Å². The summed E-state index contributed by atoms with van der Waals surface area (Å²) in [5, 5.41) is 17.7. The Bertz CT molecular complexity index is 416. The van der Waals surface area contributed by atoms with E-state index in [4.69, 9.17) is 20.7 Å². The monoisotopic (exact) mass is 315 g/mol. The second-order valence-electron chi connectivity index (χ2n) is 6.15. The molecule has 4 N–H and O–H groups in total. The molecular weight excluding hydrogens is 290 g/mol. The molecule has 0 amide bonds. The third-order valence-corrected chi connectivity index (χ3v) is 4.35. The Morgan fingerprint density at radius 2 is 1.73 bits per heavy atom. The first-order chi connectivity index (χ1) is 10.3. The van der Waals surface area contributed by atoms with Crippen molar-refractivity contribution in [3.8, 4) is 0 Å². The van der Waals surface area contributed by atoms with Gasteiger partial charge in [-0.05, 0) is 26.2 Å². The van der Waals surface area contributed by atoms with Crippen molar-refractivity contribution in [1.29, 1.82) is 0 Å². The number of esters is 1. The molecule has 0 heterocycles. The second kappa shape index (κ2) is 8.12. The fourth-order valence-electron chi connectivity index (χ4n) is 3.06. The summed E-state index contributed by atoms with van der Waals surface area (Å²) < 4.78 is 5.20. The van der Waals surface area contributed by atoms with Crippen LogP contribution in [0.2, 0.25) is 0 Å². The summed E-state index contributed by atoms with van der Waals surface area (Å²) in [6, 6.07) is -0.990. The Labute approximate surface area is 129 Å². The Hall–Kier alpha value is -1.63. The van der Waals surface area contributed by atoms with Gasteiger partial charge >= 0.3 is 17.9 Å². The van der Waals surface area contributed by atoms with E-state index in [0.29, 0.717) is 12.8 Å². The highest BCUT2D eigenvalue weighted by Crippen LogP contribution is 2.42. The van der Waals surface area contributed by atoms with Crippen LogP contribution in [-0.2, 0) is 19.1 Å². The van der Waals surface area contributed by atoms with E-state index in [1.165, 1.54) is 0 Å². The predicted molar refractivity (Wildman–Crippen MR) is 78.2 cm³/mol. The molecule has 2 unspecified atom stereocenters. The van der Waals surface area contributed by atoms with E-state index < -0.39 is 35.5 Å². The summed E-state index contributed by atoms with van der Waals surface area (Å²) in [6.45, 7) is 1.61. The number of hydrogen-bond donors (Lipinski definition) is 3. The van der Waals surface area contributed by atoms with Gasteiger partial charge in [-0.1, -0.05) is 19.3 Å². The van der Waals surface area contributed by atoms with Crippen LogP contribution in [0.3, 0.4) is 0 Å². The molecule has 1 aliphatic rings. The number of carboxylic acids is 2. The van der Waals surface area contributed by atoms with Crippen LogP contribution in [0.15, 0.2) is 0 Å². The Morgan fingerprint density at radius 1 is 1.14 bits per heavy atom. The van der Waals surface area contributed by atoms with Crippen LogP contribution in [0.25, 0.3) is 0 Å². The smallest absolute Gasteiger partial charge is 0.323 e. The molecule has 0 radical (unpaired) electrons. The highest BCUT2D eigenvalue weighted by atomic mass is 16.5. The zero-order valence-corrected chi connectivity index (χ0v) is 12.9. The largest absolute Gasteiger partial charge is 0.481 e. The van der Waals surface area contributed by atoms with Gasteiger partial charge in [0, 0.05) is 11.8 Å². The maximum atomic E-state index is 12.2. The summed E-state index contributed by atoms with van der Waals surface area (Å²) in [6.07, 6.45) is 3.32. The Morgan fingerprint density at radius 3 is 2.23 bits per heavy atom. The molecule has 22 heavy (non-hydrogen) atoms. The van der Waals surface area contributed by atoms with Gasteiger partial charge in [-0.3, -0.25) is 14.4 Å². The average molecular weight is 315 g/mol. The summed E-state index contributed by atoms with van der Waals surface area (Å²) in [7, 11) is 0. The van der Waals surface area contributed by atoms with Crippen molar-refractivity contribution in [3.05, 3.63) is 0 Å². The second-order valence-corrected chi connectivity index (χ2v) is 6.15. The lowest BCUT2D eigenvalue weighted by atomic mass is 9.67. The average Bonchev–Trinajstić information content (AvgIpc) is 2.44. The number of aliphatic carboxylic acids is 2. The lowest BCUT2D eigenvalue weighted by Crippen LogP contribution is -2.51. The van der Waals surface area contributed by atoms with Gasteiger partial charge in [0.1, 0.15) is 6.04 Å². The molecule has 2 atom stereocenters. The van der Waals surface area contributed by atoms with Crippen molar-refractivity contribution in [3.63, 3.8) is 0 Å². The molecule has 126 valence electrons. The molecule has 7 heteroatoms. The minimum absolute atomic E-state index is 0.0933. The Kier molecular flexibility index (Phi) is 6.80. The standard InChI is InChI=1S/C15H25NO6/c1-10(5-6-11(17)18)22-14(21)13(16)15(9-12(19)20)7-3-2-4-8-15/h10,13H,2-9,16H2,1H3,(H,17,18)(H,19,20). The lowest BCUT2D eigenvalue weighted by Gasteiger charge is -2.39. The van der Waals surface area contributed by atoms with Crippen molar-refractivity contribution in [1.82, 2.24) is 0 Å². The zero-order chi connectivity index (χ0) is 16.8. The van der Waals surface area contributed by atoms with E-state index >= 15 is 0 Å². The topological polar surface area (TPSA) is 127 Å². The van der Waals surface area contributed by atoms with E-state index in [0.717, 1.165) is 19.3 Å².